The second kappa shape index (κ2) is 3.78. The van der Waals surface area contributed by atoms with Crippen LogP contribution < -0.4 is 4.74 Å². The second-order valence-corrected chi connectivity index (χ2v) is 3.69. The van der Waals surface area contributed by atoms with E-state index in [9.17, 15) is 9.18 Å². The Labute approximate surface area is 82.7 Å². The molecule has 3 heteroatoms. The van der Waals surface area contributed by atoms with Gasteiger partial charge in [-0.3, -0.25) is 0 Å². The predicted molar refractivity (Wildman–Crippen MR) is 52.0 cm³/mol. The Morgan fingerprint density at radius 2 is 2.07 bits per heavy atom. The lowest BCUT2D eigenvalue weighted by Gasteiger charge is -2.17. The van der Waals surface area contributed by atoms with Gasteiger partial charge in [-0.05, 0) is 31.5 Å². The maximum absolute atomic E-state index is 13.3. The summed E-state index contributed by atoms with van der Waals surface area (Å²) >= 11 is 0. The highest BCUT2D eigenvalue weighted by Gasteiger charge is 2.20. The first-order chi connectivity index (χ1) is 6.51. The molecule has 0 spiro atoms. The number of ether oxygens (including phenoxy) is 1. The lowest BCUT2D eigenvalue weighted by Crippen LogP contribution is -2.18. The largest absolute Gasteiger partial charge is 0.494 e. The first-order valence-electron chi connectivity index (χ1n) is 4.31. The molecule has 0 aliphatic rings. The fraction of sp³-hybridized carbons (Fsp3) is 0.364. The van der Waals surface area contributed by atoms with Gasteiger partial charge < -0.3 is 9.53 Å². The summed E-state index contributed by atoms with van der Waals surface area (Å²) in [6.07, 6.45) is 0.800. The van der Waals surface area contributed by atoms with Crippen LogP contribution in [0.4, 0.5) is 4.39 Å². The lowest BCUT2D eigenvalue weighted by molar-refractivity contribution is -0.111. The van der Waals surface area contributed by atoms with Gasteiger partial charge in [0.05, 0.1) is 7.11 Å². The molecule has 0 heterocycles. The van der Waals surface area contributed by atoms with Crippen LogP contribution in [0, 0.1) is 5.82 Å². The van der Waals surface area contributed by atoms with E-state index in [-0.39, 0.29) is 5.75 Å². The Morgan fingerprint density at radius 1 is 1.43 bits per heavy atom. The predicted octanol–water partition coefficient (Wildman–Crippen LogP) is 2.31. The van der Waals surface area contributed by atoms with Crippen LogP contribution in [-0.2, 0) is 10.2 Å². The van der Waals surface area contributed by atoms with E-state index in [1.165, 1.54) is 19.2 Å². The number of carbonyl (C=O) groups excluding carboxylic acids is 1. The molecule has 1 aromatic rings. The van der Waals surface area contributed by atoms with Gasteiger partial charge in [-0.25, -0.2) is 4.39 Å². The van der Waals surface area contributed by atoms with E-state index in [0.717, 1.165) is 6.29 Å². The van der Waals surface area contributed by atoms with E-state index >= 15 is 0 Å². The van der Waals surface area contributed by atoms with Crippen molar-refractivity contribution in [3.05, 3.63) is 29.6 Å². The molecule has 0 saturated carbocycles. The monoisotopic (exact) mass is 196 g/mol. The van der Waals surface area contributed by atoms with Gasteiger partial charge in [-0.1, -0.05) is 6.07 Å². The molecule has 0 N–H and O–H groups in total. The number of benzene rings is 1. The van der Waals surface area contributed by atoms with Crippen molar-refractivity contribution in [3.63, 3.8) is 0 Å². The molecule has 1 rings (SSSR count). The molecule has 0 aromatic heterocycles. The molecule has 0 saturated heterocycles. The Morgan fingerprint density at radius 3 is 2.50 bits per heavy atom. The molecule has 0 aliphatic heterocycles. The lowest BCUT2D eigenvalue weighted by atomic mass is 9.86. The van der Waals surface area contributed by atoms with E-state index in [1.54, 1.807) is 19.9 Å². The molecule has 0 unspecified atom stereocenters. The maximum Gasteiger partial charge on any atom is 0.165 e. The maximum atomic E-state index is 13.3. The van der Waals surface area contributed by atoms with Gasteiger partial charge in [-0.2, -0.15) is 0 Å². The van der Waals surface area contributed by atoms with Crippen molar-refractivity contribution in [1.82, 2.24) is 0 Å². The van der Waals surface area contributed by atoms with Gasteiger partial charge >= 0.3 is 0 Å². The second-order valence-electron chi connectivity index (χ2n) is 3.69. The number of carbonyl (C=O) groups is 1. The van der Waals surface area contributed by atoms with Crippen molar-refractivity contribution in [2.45, 2.75) is 19.3 Å². The Kier molecular flexibility index (Phi) is 2.89. The van der Waals surface area contributed by atoms with Crippen molar-refractivity contribution < 1.29 is 13.9 Å². The summed E-state index contributed by atoms with van der Waals surface area (Å²) in [6, 6.07) is 4.54. The summed E-state index contributed by atoms with van der Waals surface area (Å²) in [5, 5.41) is 0. The number of methoxy groups -OCH3 is 1. The molecule has 1 aromatic carbocycles. The fourth-order valence-corrected chi connectivity index (χ4v) is 1.14. The SMILES string of the molecule is COc1ccc(C(C)(C)C=O)cc1F. The third-order valence-corrected chi connectivity index (χ3v) is 2.19. The number of hydrogen-bond donors (Lipinski definition) is 0. The van der Waals surface area contributed by atoms with Crippen molar-refractivity contribution in [2.24, 2.45) is 0 Å². The summed E-state index contributed by atoms with van der Waals surface area (Å²) in [5.74, 6) is -0.254. The molecular formula is C11H13FO2. The molecule has 2 nitrogen and oxygen atoms in total. The minimum atomic E-state index is -0.660. The van der Waals surface area contributed by atoms with Crippen LogP contribution in [0.3, 0.4) is 0 Å². The van der Waals surface area contributed by atoms with Gasteiger partial charge in [0.2, 0.25) is 0 Å². The quantitative estimate of drug-likeness (QED) is 0.693. The van der Waals surface area contributed by atoms with Gasteiger partial charge in [0.15, 0.2) is 11.6 Å². The number of rotatable bonds is 3. The Bertz CT molecular complexity index is 345. The van der Waals surface area contributed by atoms with E-state index in [2.05, 4.69) is 0 Å². The van der Waals surface area contributed by atoms with Crippen LogP contribution >= 0.6 is 0 Å². The van der Waals surface area contributed by atoms with Gasteiger partial charge in [0, 0.05) is 5.41 Å². The van der Waals surface area contributed by atoms with Crippen LogP contribution in [0.15, 0.2) is 18.2 Å². The summed E-state index contributed by atoms with van der Waals surface area (Å²) in [7, 11) is 1.41. The van der Waals surface area contributed by atoms with Gasteiger partial charge in [-0.15, -0.1) is 0 Å². The minimum Gasteiger partial charge on any atom is -0.494 e. The van der Waals surface area contributed by atoms with E-state index < -0.39 is 11.2 Å². The first-order valence-corrected chi connectivity index (χ1v) is 4.31. The highest BCUT2D eigenvalue weighted by atomic mass is 19.1. The molecule has 0 aliphatic carbocycles. The Balaban J connectivity index is 3.15. The summed E-state index contributed by atoms with van der Waals surface area (Å²) in [5.41, 5.74) is -0.0154. The average molecular weight is 196 g/mol. The average Bonchev–Trinajstić information content (AvgIpc) is 2.17. The molecule has 0 atom stereocenters. The number of hydrogen-bond acceptors (Lipinski definition) is 2. The van der Waals surface area contributed by atoms with E-state index in [1.807, 2.05) is 0 Å². The van der Waals surface area contributed by atoms with E-state index in [0.29, 0.717) is 5.56 Å². The summed E-state index contributed by atoms with van der Waals surface area (Å²) in [6.45, 7) is 3.47. The highest BCUT2D eigenvalue weighted by molar-refractivity contribution is 5.67. The molecule has 0 fully saturated rings. The highest BCUT2D eigenvalue weighted by Crippen LogP contribution is 2.25. The topological polar surface area (TPSA) is 26.3 Å². The zero-order valence-corrected chi connectivity index (χ0v) is 8.50. The van der Waals surface area contributed by atoms with E-state index in [4.69, 9.17) is 4.74 Å². The zero-order valence-electron chi connectivity index (χ0n) is 8.50. The van der Waals surface area contributed by atoms with Crippen LogP contribution in [0.2, 0.25) is 0 Å². The van der Waals surface area contributed by atoms with Crippen LogP contribution in [0.1, 0.15) is 19.4 Å². The standard InChI is InChI=1S/C11H13FO2/c1-11(2,7-13)8-4-5-10(14-3)9(12)6-8/h4-7H,1-3H3. The van der Waals surface area contributed by atoms with Crippen molar-refractivity contribution in [2.75, 3.05) is 7.11 Å². The number of aldehydes is 1. The Hall–Kier alpha value is -1.38. The summed E-state index contributed by atoms with van der Waals surface area (Å²) in [4.78, 5) is 10.7. The normalized spacial score (nSPS) is 11.1. The molecule has 0 radical (unpaired) electrons. The first kappa shape index (κ1) is 10.7. The van der Waals surface area contributed by atoms with Gasteiger partial charge in [0.25, 0.3) is 0 Å². The fourth-order valence-electron chi connectivity index (χ4n) is 1.14. The minimum absolute atomic E-state index is 0.190. The number of halogens is 1. The summed E-state index contributed by atoms with van der Waals surface area (Å²) < 4.78 is 18.1. The van der Waals surface area contributed by atoms with Crippen LogP contribution in [0.25, 0.3) is 0 Å². The third-order valence-electron chi connectivity index (χ3n) is 2.19. The van der Waals surface area contributed by atoms with Crippen LogP contribution in [-0.4, -0.2) is 13.4 Å². The zero-order chi connectivity index (χ0) is 10.8. The van der Waals surface area contributed by atoms with Crippen LogP contribution in [0.5, 0.6) is 5.75 Å². The van der Waals surface area contributed by atoms with Gasteiger partial charge in [0.1, 0.15) is 6.29 Å². The smallest absolute Gasteiger partial charge is 0.165 e. The molecule has 76 valence electrons. The molecular weight excluding hydrogens is 183 g/mol. The van der Waals surface area contributed by atoms with Crippen molar-refractivity contribution >= 4 is 6.29 Å². The third kappa shape index (κ3) is 1.92. The van der Waals surface area contributed by atoms with Crippen molar-refractivity contribution in [1.29, 1.82) is 0 Å². The molecule has 14 heavy (non-hydrogen) atoms. The molecule has 0 bridgehead atoms. The molecule has 0 amide bonds. The van der Waals surface area contributed by atoms with Crippen molar-refractivity contribution in [3.8, 4) is 5.75 Å².